The van der Waals surface area contributed by atoms with Gasteiger partial charge < -0.3 is 4.90 Å². The Morgan fingerprint density at radius 3 is 2.54 bits per heavy atom. The number of amides is 1. The molecule has 0 saturated carbocycles. The van der Waals surface area contributed by atoms with Crippen molar-refractivity contribution in [2.75, 3.05) is 17.4 Å². The molecule has 0 N–H and O–H groups in total. The molecule has 2 heterocycles. The summed E-state index contributed by atoms with van der Waals surface area (Å²) in [6.45, 7) is 2.63. The number of anilines is 1. The van der Waals surface area contributed by atoms with E-state index in [9.17, 15) is 10.1 Å². The van der Waals surface area contributed by atoms with E-state index in [-0.39, 0.29) is 11.8 Å². The molecule has 1 saturated heterocycles. The van der Waals surface area contributed by atoms with Crippen molar-refractivity contribution in [1.29, 1.82) is 5.26 Å². The molecule has 2 aromatic rings. The lowest BCUT2D eigenvalue weighted by molar-refractivity contribution is -0.129. The summed E-state index contributed by atoms with van der Waals surface area (Å²) in [5, 5.41) is 10.7. The largest absolute Gasteiger partial charge is 0.344 e. The van der Waals surface area contributed by atoms with E-state index in [1.165, 1.54) is 5.56 Å². The number of hydrogen-bond donors (Lipinski definition) is 0. The first-order valence-corrected chi connectivity index (χ1v) is 11.1. The summed E-state index contributed by atoms with van der Waals surface area (Å²) in [5.74, 6) is 0.632. The van der Waals surface area contributed by atoms with Crippen molar-refractivity contribution in [1.82, 2.24) is 4.90 Å². The average Bonchev–Trinajstić information content (AvgIpc) is 2.74. The number of nitrogens with zero attached hydrogens (tertiary/aromatic N) is 3. The molecule has 0 aliphatic carbocycles. The van der Waals surface area contributed by atoms with E-state index >= 15 is 0 Å². The van der Waals surface area contributed by atoms with Gasteiger partial charge in [0, 0.05) is 22.5 Å². The van der Waals surface area contributed by atoms with E-state index in [1.54, 1.807) is 16.7 Å². The first-order chi connectivity index (χ1) is 13.6. The molecule has 142 valence electrons. The van der Waals surface area contributed by atoms with Crippen molar-refractivity contribution in [2.45, 2.75) is 25.7 Å². The summed E-state index contributed by atoms with van der Waals surface area (Å²) in [6.07, 6.45) is 1.34. The van der Waals surface area contributed by atoms with Crippen LogP contribution in [0.15, 0.2) is 63.6 Å². The van der Waals surface area contributed by atoms with Gasteiger partial charge in [-0.2, -0.15) is 5.26 Å². The number of thioether (sulfide) groups is 1. The molecule has 6 heteroatoms. The molecule has 2 aliphatic rings. The van der Waals surface area contributed by atoms with Crippen molar-refractivity contribution in [3.63, 3.8) is 0 Å². The minimum atomic E-state index is -0.167. The number of allylic oxidation sites excluding steroid dienone is 1. The van der Waals surface area contributed by atoms with Crippen LogP contribution < -0.4 is 4.90 Å². The number of benzene rings is 2. The van der Waals surface area contributed by atoms with Gasteiger partial charge in [-0.25, -0.2) is 0 Å². The van der Waals surface area contributed by atoms with E-state index in [0.29, 0.717) is 18.7 Å². The van der Waals surface area contributed by atoms with Crippen LogP contribution in [0.4, 0.5) is 5.69 Å². The molecule has 1 unspecified atom stereocenters. The van der Waals surface area contributed by atoms with E-state index in [0.717, 1.165) is 33.1 Å². The highest BCUT2D eigenvalue weighted by Crippen LogP contribution is 2.43. The van der Waals surface area contributed by atoms with E-state index in [1.807, 2.05) is 24.3 Å². The second kappa shape index (κ2) is 8.02. The second-order valence-electron chi connectivity index (χ2n) is 6.94. The van der Waals surface area contributed by atoms with Gasteiger partial charge >= 0.3 is 0 Å². The van der Waals surface area contributed by atoms with Gasteiger partial charge in [0.25, 0.3) is 0 Å². The Morgan fingerprint density at radius 2 is 1.89 bits per heavy atom. The smallest absolute Gasteiger partial charge is 0.229 e. The Balaban J connectivity index is 1.62. The fraction of sp³-hybridized carbons (Fsp3) is 0.273. The molecular formula is C22H20BrN3OS. The molecule has 0 spiro atoms. The molecule has 28 heavy (non-hydrogen) atoms. The van der Waals surface area contributed by atoms with Crippen LogP contribution in [0.5, 0.6) is 0 Å². The van der Waals surface area contributed by atoms with Crippen LogP contribution in [0.2, 0.25) is 0 Å². The van der Waals surface area contributed by atoms with Crippen molar-refractivity contribution in [3.05, 3.63) is 74.7 Å². The maximum atomic E-state index is 13.0. The van der Waals surface area contributed by atoms with Gasteiger partial charge in [-0.3, -0.25) is 9.69 Å². The highest BCUT2D eigenvalue weighted by Gasteiger charge is 2.38. The molecule has 4 nitrogen and oxygen atoms in total. The molecule has 1 atom stereocenters. The Morgan fingerprint density at radius 1 is 1.18 bits per heavy atom. The third-order valence-corrected chi connectivity index (χ3v) is 6.96. The molecule has 0 radical (unpaired) electrons. The van der Waals surface area contributed by atoms with E-state index < -0.39 is 0 Å². The van der Waals surface area contributed by atoms with Crippen molar-refractivity contribution < 1.29 is 4.79 Å². The number of aryl methyl sites for hydroxylation is 1. The molecule has 2 aliphatic heterocycles. The normalized spacial score (nSPS) is 19.5. The van der Waals surface area contributed by atoms with Gasteiger partial charge in [0.05, 0.1) is 29.2 Å². The Labute approximate surface area is 178 Å². The number of nitriles is 1. The highest BCUT2D eigenvalue weighted by molar-refractivity contribution is 9.10. The van der Waals surface area contributed by atoms with Gasteiger partial charge in [-0.05, 0) is 41.8 Å². The third-order valence-electron chi connectivity index (χ3n) is 5.28. The number of carbonyl (C=O) groups is 1. The van der Waals surface area contributed by atoms with Crippen LogP contribution in [-0.2, 0) is 11.2 Å². The van der Waals surface area contributed by atoms with Crippen LogP contribution in [0.1, 0.15) is 30.4 Å². The number of fused-ring (bicyclic) bond motifs is 1. The average molecular weight is 454 g/mol. The third kappa shape index (κ3) is 3.57. The summed E-state index contributed by atoms with van der Waals surface area (Å²) in [7, 11) is 0. The molecule has 0 aromatic heterocycles. The number of halogens is 1. The van der Waals surface area contributed by atoms with E-state index in [4.69, 9.17) is 0 Å². The predicted molar refractivity (Wildman–Crippen MR) is 117 cm³/mol. The summed E-state index contributed by atoms with van der Waals surface area (Å²) >= 11 is 5.02. The first-order valence-electron chi connectivity index (χ1n) is 9.27. The maximum absolute atomic E-state index is 13.0. The lowest BCUT2D eigenvalue weighted by Gasteiger charge is -2.42. The van der Waals surface area contributed by atoms with Crippen LogP contribution in [0.25, 0.3) is 0 Å². The van der Waals surface area contributed by atoms with Gasteiger partial charge in [-0.1, -0.05) is 58.9 Å². The van der Waals surface area contributed by atoms with Crippen molar-refractivity contribution in [3.8, 4) is 6.07 Å². The Bertz CT molecular complexity index is 963. The van der Waals surface area contributed by atoms with Gasteiger partial charge in [0.2, 0.25) is 5.91 Å². The van der Waals surface area contributed by atoms with Crippen LogP contribution >= 0.6 is 27.7 Å². The number of hydrogen-bond acceptors (Lipinski definition) is 4. The quantitative estimate of drug-likeness (QED) is 0.637. The zero-order valence-electron chi connectivity index (χ0n) is 15.6. The zero-order valence-corrected chi connectivity index (χ0v) is 18.0. The molecule has 2 aromatic carbocycles. The summed E-state index contributed by atoms with van der Waals surface area (Å²) < 4.78 is 0.989. The van der Waals surface area contributed by atoms with Gasteiger partial charge in [-0.15, -0.1) is 0 Å². The highest BCUT2D eigenvalue weighted by atomic mass is 79.9. The first kappa shape index (κ1) is 19.1. The molecule has 1 fully saturated rings. The topological polar surface area (TPSA) is 47.3 Å². The standard InChI is InChI=1S/C22H20BrN3OS/c1-2-15-3-9-18(10-4-15)25-13-26-21(27)11-19(16-5-7-17(23)8-6-16)20(12-24)22(26)28-14-25/h3-10,19H,2,11,13-14H2,1H3. The van der Waals surface area contributed by atoms with Crippen LogP contribution in [-0.4, -0.2) is 23.4 Å². The molecule has 0 bridgehead atoms. The summed E-state index contributed by atoms with van der Waals surface area (Å²) in [4.78, 5) is 16.9. The molecule has 1 amide bonds. The van der Waals surface area contributed by atoms with Crippen LogP contribution in [0.3, 0.4) is 0 Å². The number of carbonyl (C=O) groups excluding carboxylic acids is 1. The minimum Gasteiger partial charge on any atom is -0.344 e. The monoisotopic (exact) mass is 453 g/mol. The van der Waals surface area contributed by atoms with Gasteiger partial charge in [0.1, 0.15) is 0 Å². The second-order valence-corrected chi connectivity index (χ2v) is 8.78. The molecule has 4 rings (SSSR count). The minimum absolute atomic E-state index is 0.0734. The fourth-order valence-corrected chi connectivity index (χ4v) is 5.08. The van der Waals surface area contributed by atoms with Gasteiger partial charge in [0.15, 0.2) is 0 Å². The predicted octanol–water partition coefficient (Wildman–Crippen LogP) is 5.23. The van der Waals surface area contributed by atoms with Crippen molar-refractivity contribution >= 4 is 39.3 Å². The SMILES string of the molecule is CCc1ccc(N2CSC3=C(C#N)C(c4ccc(Br)cc4)CC(=O)N3C2)cc1. The zero-order chi connectivity index (χ0) is 19.7. The van der Waals surface area contributed by atoms with Crippen molar-refractivity contribution in [2.24, 2.45) is 0 Å². The summed E-state index contributed by atoms with van der Waals surface area (Å²) in [5.41, 5.74) is 4.11. The Kier molecular flexibility index (Phi) is 5.47. The van der Waals surface area contributed by atoms with Crippen LogP contribution in [0, 0.1) is 11.3 Å². The van der Waals surface area contributed by atoms with E-state index in [2.05, 4.69) is 58.1 Å². The Hall–Kier alpha value is -2.23. The summed E-state index contributed by atoms with van der Waals surface area (Å²) in [6, 6.07) is 18.8. The number of rotatable bonds is 3. The lowest BCUT2D eigenvalue weighted by atomic mass is 9.86. The fourth-order valence-electron chi connectivity index (χ4n) is 3.65. The lowest BCUT2D eigenvalue weighted by Crippen LogP contribution is -2.47. The maximum Gasteiger partial charge on any atom is 0.229 e. The molecular weight excluding hydrogens is 434 g/mol.